The van der Waals surface area contributed by atoms with Gasteiger partial charge in [0, 0.05) is 26.2 Å². The van der Waals surface area contributed by atoms with Crippen LogP contribution >= 0.6 is 24.0 Å². The molecular formula is C16H35IN4O. The van der Waals surface area contributed by atoms with Crippen molar-refractivity contribution in [2.75, 3.05) is 46.4 Å². The lowest BCUT2D eigenvalue weighted by molar-refractivity contribution is 0.179. The average molecular weight is 426 g/mol. The van der Waals surface area contributed by atoms with Crippen LogP contribution in [0.5, 0.6) is 0 Å². The minimum Gasteiger partial charge on any atom is -0.383 e. The fourth-order valence-corrected chi connectivity index (χ4v) is 2.62. The maximum absolute atomic E-state index is 5.14. The van der Waals surface area contributed by atoms with Crippen LogP contribution in [0.3, 0.4) is 0 Å². The summed E-state index contributed by atoms with van der Waals surface area (Å²) in [6.07, 6.45) is 3.83. The number of likely N-dealkylation sites (tertiary alicyclic amines) is 1. The highest BCUT2D eigenvalue weighted by molar-refractivity contribution is 14.0. The number of nitrogens with zero attached hydrogens (tertiary/aromatic N) is 2. The second kappa shape index (κ2) is 13.4. The van der Waals surface area contributed by atoms with Crippen LogP contribution in [0.2, 0.25) is 0 Å². The quantitative estimate of drug-likeness (QED) is 0.271. The second-order valence-corrected chi connectivity index (χ2v) is 6.14. The third kappa shape index (κ3) is 9.84. The van der Waals surface area contributed by atoms with Gasteiger partial charge in [-0.15, -0.1) is 24.0 Å². The van der Waals surface area contributed by atoms with E-state index in [1.165, 1.54) is 32.5 Å². The van der Waals surface area contributed by atoms with Crippen molar-refractivity contribution in [2.45, 2.75) is 46.1 Å². The van der Waals surface area contributed by atoms with Crippen LogP contribution in [0.1, 0.15) is 40.0 Å². The Hall–Kier alpha value is -0.0800. The number of hydrogen-bond donors (Lipinski definition) is 2. The van der Waals surface area contributed by atoms with E-state index in [1.807, 2.05) is 0 Å². The van der Waals surface area contributed by atoms with E-state index in [1.54, 1.807) is 7.11 Å². The van der Waals surface area contributed by atoms with Crippen molar-refractivity contribution in [3.8, 4) is 0 Å². The summed E-state index contributed by atoms with van der Waals surface area (Å²) in [7, 11) is 1.72. The van der Waals surface area contributed by atoms with E-state index >= 15 is 0 Å². The van der Waals surface area contributed by atoms with Crippen LogP contribution in [0.25, 0.3) is 0 Å². The highest BCUT2D eigenvalue weighted by Gasteiger charge is 2.14. The molecular weight excluding hydrogens is 391 g/mol. The van der Waals surface area contributed by atoms with Gasteiger partial charge >= 0.3 is 0 Å². The first-order chi connectivity index (χ1) is 10.2. The van der Waals surface area contributed by atoms with E-state index in [-0.39, 0.29) is 30.0 Å². The van der Waals surface area contributed by atoms with Gasteiger partial charge in [0.25, 0.3) is 0 Å². The summed E-state index contributed by atoms with van der Waals surface area (Å²) in [4.78, 5) is 7.22. The molecule has 2 N–H and O–H groups in total. The molecule has 1 fully saturated rings. The zero-order valence-electron chi connectivity index (χ0n) is 14.7. The van der Waals surface area contributed by atoms with Crippen molar-refractivity contribution in [1.82, 2.24) is 15.5 Å². The van der Waals surface area contributed by atoms with Gasteiger partial charge in [-0.05, 0) is 58.7 Å². The molecule has 1 aliphatic heterocycles. The molecule has 1 rings (SSSR count). The topological polar surface area (TPSA) is 48.9 Å². The lowest BCUT2D eigenvalue weighted by atomic mass is 9.99. The number of guanidine groups is 1. The number of piperidine rings is 1. The Morgan fingerprint density at radius 1 is 1.36 bits per heavy atom. The van der Waals surface area contributed by atoms with Gasteiger partial charge in [-0.2, -0.15) is 0 Å². The van der Waals surface area contributed by atoms with Gasteiger partial charge in [0.15, 0.2) is 5.96 Å². The predicted molar refractivity (Wildman–Crippen MR) is 105 cm³/mol. The molecule has 0 saturated carbocycles. The maximum Gasteiger partial charge on any atom is 0.191 e. The first kappa shape index (κ1) is 21.9. The Bertz CT molecular complexity index is 294. The number of rotatable bonds is 8. The standard InChI is InChI=1S/C16H34N4O.HI/c1-5-17-16(19-15(3)13-21-4)18-9-6-10-20-11-7-14(2)8-12-20;/h14-15H,5-13H2,1-4H3,(H2,17,18,19);1H. The number of hydrogen-bond acceptors (Lipinski definition) is 3. The molecule has 0 amide bonds. The van der Waals surface area contributed by atoms with Crippen molar-refractivity contribution in [1.29, 1.82) is 0 Å². The summed E-state index contributed by atoms with van der Waals surface area (Å²) in [6, 6.07) is 0.274. The van der Waals surface area contributed by atoms with Crippen LogP contribution in [0.4, 0.5) is 0 Å². The molecule has 1 atom stereocenters. The lowest BCUT2D eigenvalue weighted by Gasteiger charge is -2.29. The number of halogens is 1. The average Bonchev–Trinajstić information content (AvgIpc) is 2.46. The van der Waals surface area contributed by atoms with Gasteiger partial charge in [0.2, 0.25) is 0 Å². The molecule has 5 nitrogen and oxygen atoms in total. The highest BCUT2D eigenvalue weighted by Crippen LogP contribution is 2.15. The van der Waals surface area contributed by atoms with E-state index in [0.717, 1.165) is 31.4 Å². The minimum atomic E-state index is 0. The molecule has 1 saturated heterocycles. The molecule has 0 aromatic rings. The third-order valence-electron chi connectivity index (χ3n) is 3.92. The molecule has 22 heavy (non-hydrogen) atoms. The molecule has 0 aliphatic carbocycles. The van der Waals surface area contributed by atoms with E-state index in [0.29, 0.717) is 6.61 Å². The van der Waals surface area contributed by atoms with Crippen molar-refractivity contribution >= 4 is 29.9 Å². The van der Waals surface area contributed by atoms with E-state index in [2.05, 4.69) is 41.3 Å². The largest absolute Gasteiger partial charge is 0.383 e. The minimum absolute atomic E-state index is 0. The van der Waals surface area contributed by atoms with Crippen LogP contribution in [0, 0.1) is 5.92 Å². The highest BCUT2D eigenvalue weighted by atomic mass is 127. The fraction of sp³-hybridized carbons (Fsp3) is 0.938. The van der Waals surface area contributed by atoms with Crippen molar-refractivity contribution in [3.63, 3.8) is 0 Å². The third-order valence-corrected chi connectivity index (χ3v) is 3.92. The Balaban J connectivity index is 0.00000441. The summed E-state index contributed by atoms with van der Waals surface area (Å²) in [5.41, 5.74) is 0. The van der Waals surface area contributed by atoms with Crippen LogP contribution in [-0.4, -0.2) is 63.3 Å². The van der Waals surface area contributed by atoms with Crippen molar-refractivity contribution < 1.29 is 4.74 Å². The number of nitrogens with one attached hydrogen (secondary N) is 2. The maximum atomic E-state index is 5.14. The van der Waals surface area contributed by atoms with E-state index in [4.69, 9.17) is 4.74 Å². The number of aliphatic imine (C=N–C) groups is 1. The summed E-state index contributed by atoms with van der Waals surface area (Å²) < 4.78 is 5.14. The molecule has 0 aromatic heterocycles. The van der Waals surface area contributed by atoms with Gasteiger partial charge in [-0.1, -0.05) is 6.92 Å². The molecule has 0 aromatic carbocycles. The molecule has 6 heteroatoms. The van der Waals surface area contributed by atoms with Crippen LogP contribution < -0.4 is 10.6 Å². The molecule has 1 heterocycles. The van der Waals surface area contributed by atoms with Crippen LogP contribution in [-0.2, 0) is 4.74 Å². The first-order valence-electron chi connectivity index (χ1n) is 8.41. The van der Waals surface area contributed by atoms with Gasteiger partial charge in [-0.25, -0.2) is 0 Å². The SMILES string of the molecule is CCNC(=NCCCN1CCC(C)CC1)NC(C)COC.I. The van der Waals surface area contributed by atoms with Crippen molar-refractivity contribution in [3.05, 3.63) is 0 Å². The van der Waals surface area contributed by atoms with E-state index < -0.39 is 0 Å². The van der Waals surface area contributed by atoms with E-state index in [9.17, 15) is 0 Å². The molecule has 0 spiro atoms. The van der Waals surface area contributed by atoms with Crippen molar-refractivity contribution in [2.24, 2.45) is 10.9 Å². The summed E-state index contributed by atoms with van der Waals surface area (Å²) >= 11 is 0. The smallest absolute Gasteiger partial charge is 0.191 e. The number of ether oxygens (including phenoxy) is 1. The predicted octanol–water partition coefficient (Wildman–Crippen LogP) is 2.32. The molecule has 0 bridgehead atoms. The molecule has 1 unspecified atom stereocenters. The van der Waals surface area contributed by atoms with Gasteiger partial charge in [0.05, 0.1) is 6.61 Å². The monoisotopic (exact) mass is 426 g/mol. The van der Waals surface area contributed by atoms with Gasteiger partial charge < -0.3 is 20.3 Å². The Morgan fingerprint density at radius 2 is 2.05 bits per heavy atom. The normalized spacial score (nSPS) is 18.6. The molecule has 1 aliphatic rings. The zero-order chi connectivity index (χ0) is 15.5. The Morgan fingerprint density at radius 3 is 2.64 bits per heavy atom. The lowest BCUT2D eigenvalue weighted by Crippen LogP contribution is -2.44. The summed E-state index contributed by atoms with van der Waals surface area (Å²) in [6.45, 7) is 12.7. The zero-order valence-corrected chi connectivity index (χ0v) is 17.1. The number of methoxy groups -OCH3 is 1. The van der Waals surface area contributed by atoms with Gasteiger partial charge in [-0.3, -0.25) is 4.99 Å². The second-order valence-electron chi connectivity index (χ2n) is 6.14. The Labute approximate surface area is 153 Å². The summed E-state index contributed by atoms with van der Waals surface area (Å²) in [5.74, 6) is 1.81. The van der Waals surface area contributed by atoms with Crippen LogP contribution in [0.15, 0.2) is 4.99 Å². The summed E-state index contributed by atoms with van der Waals surface area (Å²) in [5, 5.41) is 6.65. The molecule has 0 radical (unpaired) electrons. The fourth-order valence-electron chi connectivity index (χ4n) is 2.62. The van der Waals surface area contributed by atoms with Gasteiger partial charge in [0.1, 0.15) is 0 Å². The molecule has 132 valence electrons. The Kier molecular flexibility index (Phi) is 13.3. The first-order valence-corrected chi connectivity index (χ1v) is 8.41.